The van der Waals surface area contributed by atoms with Gasteiger partial charge in [0.1, 0.15) is 5.82 Å². The smallest absolute Gasteiger partial charge is 0.269 e. The first-order valence-electron chi connectivity index (χ1n) is 11.4. The normalized spacial score (nSPS) is 15.4. The SMILES string of the molecule is [2H]C([2H])([2H])Oc1c(OC)cc(Nc2ncc(F)c(Nc3ccc4c(n3)NC(=O)C(C)(C)O4)n2)cc1OC. The number of hydrogen-bond acceptors (Lipinski definition) is 10. The molecule has 1 aromatic carbocycles. The number of anilines is 5. The van der Waals surface area contributed by atoms with E-state index in [1.807, 2.05) is 0 Å². The summed E-state index contributed by atoms with van der Waals surface area (Å²) in [7, 11) is -0.0608. The van der Waals surface area contributed by atoms with Gasteiger partial charge >= 0.3 is 0 Å². The van der Waals surface area contributed by atoms with Gasteiger partial charge in [-0.25, -0.2) is 14.4 Å². The predicted molar refractivity (Wildman–Crippen MR) is 122 cm³/mol. The van der Waals surface area contributed by atoms with Crippen LogP contribution in [0.1, 0.15) is 18.0 Å². The molecule has 0 atom stereocenters. The number of nitrogens with zero attached hydrogens (tertiary/aromatic N) is 3. The Morgan fingerprint density at radius 2 is 1.85 bits per heavy atom. The first-order valence-corrected chi connectivity index (χ1v) is 9.91. The van der Waals surface area contributed by atoms with Crippen molar-refractivity contribution < 1.29 is 32.2 Å². The molecule has 1 amide bonds. The van der Waals surface area contributed by atoms with Crippen molar-refractivity contribution in [1.29, 1.82) is 0 Å². The highest BCUT2D eigenvalue weighted by Crippen LogP contribution is 2.40. The van der Waals surface area contributed by atoms with Gasteiger partial charge < -0.3 is 34.9 Å². The summed E-state index contributed by atoms with van der Waals surface area (Å²) in [6.45, 7) is 3.25. The number of aromatic nitrogens is 3. The van der Waals surface area contributed by atoms with Gasteiger partial charge in [0, 0.05) is 17.8 Å². The molecule has 0 saturated heterocycles. The number of rotatable bonds is 7. The zero-order chi connectivity index (χ0) is 27.0. The van der Waals surface area contributed by atoms with Crippen LogP contribution < -0.4 is 34.9 Å². The maximum Gasteiger partial charge on any atom is 0.269 e. The summed E-state index contributed by atoms with van der Waals surface area (Å²) >= 11 is 0. The standard InChI is InChI=1S/C22H23FN6O5/c1-22(2)20(30)28-19-13(34-22)6-7-16(27-19)26-18-12(23)10-24-21(29-18)25-11-8-14(31-3)17(33-5)15(9-11)32-4/h6-10H,1-5H3,(H3,24,25,26,27,28,29,30)/i5D3. The van der Waals surface area contributed by atoms with E-state index in [1.165, 1.54) is 26.4 Å². The van der Waals surface area contributed by atoms with Gasteiger partial charge in [0.25, 0.3) is 5.91 Å². The van der Waals surface area contributed by atoms with Gasteiger partial charge in [-0.15, -0.1) is 0 Å². The number of carbonyl (C=O) groups excluding carboxylic acids is 1. The van der Waals surface area contributed by atoms with Gasteiger partial charge in [-0.3, -0.25) is 4.79 Å². The Kier molecular flexibility index (Phi) is 5.00. The van der Waals surface area contributed by atoms with Crippen LogP contribution in [0, 0.1) is 5.82 Å². The molecule has 0 bridgehead atoms. The number of benzene rings is 1. The number of hydrogen-bond donors (Lipinski definition) is 3. The molecule has 2 aromatic heterocycles. The Balaban J connectivity index is 1.58. The lowest BCUT2D eigenvalue weighted by molar-refractivity contribution is -0.129. The second-order valence-corrected chi connectivity index (χ2v) is 7.56. The minimum absolute atomic E-state index is 0.00570. The molecule has 3 heterocycles. The van der Waals surface area contributed by atoms with Crippen LogP contribution in [0.15, 0.2) is 30.5 Å². The number of methoxy groups -OCH3 is 3. The monoisotopic (exact) mass is 473 g/mol. The van der Waals surface area contributed by atoms with Gasteiger partial charge in [-0.2, -0.15) is 4.98 Å². The lowest BCUT2D eigenvalue weighted by Crippen LogP contribution is -2.46. The van der Waals surface area contributed by atoms with Crippen LogP contribution in [0.2, 0.25) is 0 Å². The van der Waals surface area contributed by atoms with Gasteiger partial charge in [-0.05, 0) is 26.0 Å². The van der Waals surface area contributed by atoms with Crippen molar-refractivity contribution in [3.63, 3.8) is 0 Å². The number of fused-ring (bicyclic) bond motifs is 1. The van der Waals surface area contributed by atoms with Crippen molar-refractivity contribution in [3.8, 4) is 23.0 Å². The number of amides is 1. The lowest BCUT2D eigenvalue weighted by Gasteiger charge is -2.30. The van der Waals surface area contributed by atoms with Crippen molar-refractivity contribution in [2.45, 2.75) is 19.4 Å². The molecule has 11 nitrogen and oxygen atoms in total. The maximum atomic E-state index is 14.5. The molecule has 1 aliphatic rings. The Bertz CT molecular complexity index is 1330. The summed E-state index contributed by atoms with van der Waals surface area (Å²) in [4.78, 5) is 24.5. The zero-order valence-electron chi connectivity index (χ0n) is 21.6. The third kappa shape index (κ3) is 4.42. The quantitative estimate of drug-likeness (QED) is 0.468. The Labute approximate surface area is 198 Å². The molecule has 0 fully saturated rings. The first kappa shape index (κ1) is 19.1. The highest BCUT2D eigenvalue weighted by Gasteiger charge is 2.36. The summed E-state index contributed by atoms with van der Waals surface area (Å²) in [5.74, 6) is -0.559. The first-order chi connectivity index (χ1) is 17.4. The summed E-state index contributed by atoms with van der Waals surface area (Å²) < 4.78 is 57.7. The highest BCUT2D eigenvalue weighted by molar-refractivity contribution is 5.99. The molecule has 34 heavy (non-hydrogen) atoms. The second kappa shape index (κ2) is 8.89. The number of nitrogens with one attached hydrogen (secondary N) is 3. The van der Waals surface area contributed by atoms with Crippen molar-refractivity contribution in [1.82, 2.24) is 15.0 Å². The maximum absolute atomic E-state index is 14.5. The van der Waals surface area contributed by atoms with E-state index in [0.29, 0.717) is 11.4 Å². The van der Waals surface area contributed by atoms with Crippen LogP contribution in [-0.4, -0.2) is 47.7 Å². The molecule has 3 N–H and O–H groups in total. The third-order valence-electron chi connectivity index (χ3n) is 4.81. The number of ether oxygens (including phenoxy) is 4. The topological polar surface area (TPSA) is 129 Å². The third-order valence-corrected chi connectivity index (χ3v) is 4.81. The molecule has 1 aliphatic heterocycles. The van der Waals surface area contributed by atoms with Crippen molar-refractivity contribution in [2.24, 2.45) is 0 Å². The fourth-order valence-corrected chi connectivity index (χ4v) is 3.09. The van der Waals surface area contributed by atoms with E-state index in [0.717, 1.165) is 6.20 Å². The molecule has 0 spiro atoms. The van der Waals surface area contributed by atoms with E-state index in [1.54, 1.807) is 26.0 Å². The summed E-state index contributed by atoms with van der Waals surface area (Å²) in [6, 6.07) is 6.02. The van der Waals surface area contributed by atoms with Crippen molar-refractivity contribution in [2.75, 3.05) is 37.2 Å². The second-order valence-electron chi connectivity index (χ2n) is 7.56. The molecule has 178 valence electrons. The van der Waals surface area contributed by atoms with E-state index >= 15 is 0 Å². The largest absolute Gasteiger partial charge is 0.493 e. The van der Waals surface area contributed by atoms with E-state index < -0.39 is 18.5 Å². The fraction of sp³-hybridized carbons (Fsp3) is 0.273. The molecule has 0 radical (unpaired) electrons. The molecular formula is C22H23FN6O5. The van der Waals surface area contributed by atoms with E-state index in [-0.39, 0.29) is 46.6 Å². The van der Waals surface area contributed by atoms with Crippen LogP contribution in [0.4, 0.5) is 33.5 Å². The van der Waals surface area contributed by atoms with Gasteiger partial charge in [0.05, 0.1) is 31.6 Å². The summed E-state index contributed by atoms with van der Waals surface area (Å²) in [6.07, 6.45) is 0.948. The van der Waals surface area contributed by atoms with Crippen LogP contribution in [-0.2, 0) is 4.79 Å². The molecule has 3 aromatic rings. The molecule has 4 rings (SSSR count). The van der Waals surface area contributed by atoms with E-state index in [4.69, 9.17) is 23.1 Å². The highest BCUT2D eigenvalue weighted by atomic mass is 19.1. The zero-order valence-corrected chi connectivity index (χ0v) is 18.6. The number of halogens is 1. The number of pyridine rings is 1. The molecule has 0 aliphatic carbocycles. The predicted octanol–water partition coefficient (Wildman–Crippen LogP) is 3.63. The fourth-order valence-electron chi connectivity index (χ4n) is 3.09. The Hall–Kier alpha value is -4.35. The summed E-state index contributed by atoms with van der Waals surface area (Å²) in [5, 5.41) is 8.28. The molecular weight excluding hydrogens is 447 g/mol. The van der Waals surface area contributed by atoms with Crippen molar-refractivity contribution >= 4 is 35.0 Å². The van der Waals surface area contributed by atoms with E-state index in [2.05, 4.69) is 30.9 Å². The summed E-state index contributed by atoms with van der Waals surface area (Å²) in [5.41, 5.74) is -0.704. The Morgan fingerprint density at radius 1 is 1.12 bits per heavy atom. The van der Waals surface area contributed by atoms with Gasteiger partial charge in [0.15, 0.2) is 40.3 Å². The van der Waals surface area contributed by atoms with Crippen LogP contribution in [0.3, 0.4) is 0 Å². The van der Waals surface area contributed by atoms with Crippen LogP contribution in [0.5, 0.6) is 23.0 Å². The minimum Gasteiger partial charge on any atom is -0.493 e. The average molecular weight is 473 g/mol. The lowest BCUT2D eigenvalue weighted by atomic mass is 10.1. The Morgan fingerprint density at radius 3 is 2.53 bits per heavy atom. The molecule has 0 unspecified atom stereocenters. The van der Waals surface area contributed by atoms with Crippen LogP contribution >= 0.6 is 0 Å². The minimum atomic E-state index is -2.73. The van der Waals surface area contributed by atoms with Crippen molar-refractivity contribution in [3.05, 3.63) is 36.3 Å². The van der Waals surface area contributed by atoms with Gasteiger partial charge in [0.2, 0.25) is 11.7 Å². The molecule has 12 heteroatoms. The molecule has 0 saturated carbocycles. The number of carbonyl (C=O) groups is 1. The van der Waals surface area contributed by atoms with E-state index in [9.17, 15) is 9.18 Å². The van der Waals surface area contributed by atoms with Crippen LogP contribution in [0.25, 0.3) is 0 Å². The average Bonchev–Trinajstić information content (AvgIpc) is 2.82. The van der Waals surface area contributed by atoms with Gasteiger partial charge in [-0.1, -0.05) is 0 Å².